The van der Waals surface area contributed by atoms with Gasteiger partial charge in [0.25, 0.3) is 5.56 Å². The molecule has 5 heteroatoms. The molecule has 0 atom stereocenters. The van der Waals surface area contributed by atoms with Crippen molar-refractivity contribution >= 4 is 15.9 Å². The van der Waals surface area contributed by atoms with Crippen LogP contribution in [0.5, 0.6) is 5.88 Å². The second-order valence-corrected chi connectivity index (χ2v) is 5.77. The van der Waals surface area contributed by atoms with Gasteiger partial charge in [0.1, 0.15) is 5.82 Å². The van der Waals surface area contributed by atoms with Crippen LogP contribution < -0.4 is 5.56 Å². The minimum Gasteiger partial charge on any atom is -0.493 e. The van der Waals surface area contributed by atoms with Crippen molar-refractivity contribution in [2.24, 2.45) is 0 Å². The lowest BCUT2D eigenvalue weighted by Crippen LogP contribution is -2.22. The molecule has 1 aromatic heterocycles. The molecular formula is C17H13BrN2O2. The summed E-state index contributed by atoms with van der Waals surface area (Å²) in [7, 11) is 0. The van der Waals surface area contributed by atoms with E-state index in [-0.39, 0.29) is 11.4 Å². The maximum absolute atomic E-state index is 12.3. The lowest BCUT2D eigenvalue weighted by Gasteiger charge is -2.12. The van der Waals surface area contributed by atoms with Gasteiger partial charge in [0, 0.05) is 10.0 Å². The summed E-state index contributed by atoms with van der Waals surface area (Å²) in [6.07, 6.45) is 0. The molecule has 0 spiro atoms. The van der Waals surface area contributed by atoms with Gasteiger partial charge in [0.05, 0.1) is 12.6 Å². The number of hydrogen-bond acceptors (Lipinski definition) is 3. The zero-order valence-corrected chi connectivity index (χ0v) is 13.2. The molecule has 0 saturated heterocycles. The van der Waals surface area contributed by atoms with Gasteiger partial charge in [-0.1, -0.05) is 58.4 Å². The molecule has 0 fully saturated rings. The molecule has 0 aliphatic rings. The minimum atomic E-state index is -0.286. The second-order valence-electron chi connectivity index (χ2n) is 4.86. The van der Waals surface area contributed by atoms with Crippen molar-refractivity contribution in [1.82, 2.24) is 9.55 Å². The molecule has 4 nitrogen and oxygen atoms in total. The van der Waals surface area contributed by atoms with Crippen LogP contribution in [0.25, 0.3) is 11.4 Å². The van der Waals surface area contributed by atoms with Gasteiger partial charge in [0.15, 0.2) is 0 Å². The average molecular weight is 357 g/mol. The summed E-state index contributed by atoms with van der Waals surface area (Å²) < 4.78 is 2.44. The molecule has 1 N–H and O–H groups in total. The average Bonchev–Trinajstić information content (AvgIpc) is 2.51. The van der Waals surface area contributed by atoms with E-state index in [1.807, 2.05) is 54.6 Å². The number of halogens is 1. The van der Waals surface area contributed by atoms with E-state index in [2.05, 4.69) is 20.9 Å². The Labute approximate surface area is 135 Å². The van der Waals surface area contributed by atoms with E-state index >= 15 is 0 Å². The Morgan fingerprint density at radius 1 is 1.05 bits per heavy atom. The minimum absolute atomic E-state index is 0.274. The maximum atomic E-state index is 12.3. The van der Waals surface area contributed by atoms with Crippen LogP contribution in [0, 0.1) is 0 Å². The lowest BCUT2D eigenvalue weighted by atomic mass is 10.2. The highest BCUT2D eigenvalue weighted by Crippen LogP contribution is 2.22. The number of aromatic nitrogens is 2. The van der Waals surface area contributed by atoms with Crippen LogP contribution in [0.1, 0.15) is 5.56 Å². The molecule has 0 radical (unpaired) electrons. The monoisotopic (exact) mass is 356 g/mol. The Morgan fingerprint density at radius 2 is 1.82 bits per heavy atom. The fourth-order valence-electron chi connectivity index (χ4n) is 2.26. The van der Waals surface area contributed by atoms with Crippen LogP contribution in [0.15, 0.2) is 69.9 Å². The molecule has 0 bridgehead atoms. The standard InChI is InChI=1S/C17H13BrN2O2/c18-14-8-4-7-13(9-14)17-19-15(21)10-16(22)20(17)11-12-5-2-1-3-6-12/h1-10,21H,11H2. The van der Waals surface area contributed by atoms with Crippen molar-refractivity contribution in [3.63, 3.8) is 0 Å². The summed E-state index contributed by atoms with van der Waals surface area (Å²) in [6, 6.07) is 18.3. The first-order valence-corrected chi connectivity index (χ1v) is 7.53. The van der Waals surface area contributed by atoms with E-state index < -0.39 is 0 Å². The number of nitrogens with zero attached hydrogens (tertiary/aromatic N) is 2. The molecule has 110 valence electrons. The maximum Gasteiger partial charge on any atom is 0.257 e. The Bertz CT molecular complexity index is 860. The number of hydrogen-bond donors (Lipinski definition) is 1. The van der Waals surface area contributed by atoms with Crippen molar-refractivity contribution in [3.8, 4) is 17.3 Å². The van der Waals surface area contributed by atoms with Gasteiger partial charge in [-0.2, -0.15) is 4.98 Å². The molecule has 2 aromatic carbocycles. The molecule has 0 amide bonds. The summed E-state index contributed by atoms with van der Waals surface area (Å²) in [5.74, 6) is 0.166. The van der Waals surface area contributed by atoms with Crippen molar-refractivity contribution in [2.75, 3.05) is 0 Å². The molecule has 0 aliphatic heterocycles. The summed E-state index contributed by atoms with van der Waals surface area (Å²) in [5.41, 5.74) is 1.47. The smallest absolute Gasteiger partial charge is 0.257 e. The zero-order valence-electron chi connectivity index (χ0n) is 11.6. The van der Waals surface area contributed by atoms with Crippen LogP contribution in [0.2, 0.25) is 0 Å². The normalized spacial score (nSPS) is 10.6. The summed E-state index contributed by atoms with van der Waals surface area (Å²) in [6.45, 7) is 0.398. The molecule has 3 rings (SSSR count). The SMILES string of the molecule is O=c1cc(O)nc(-c2cccc(Br)c2)n1Cc1ccccc1. The van der Waals surface area contributed by atoms with E-state index in [0.29, 0.717) is 12.4 Å². The van der Waals surface area contributed by atoms with Gasteiger partial charge < -0.3 is 5.11 Å². The van der Waals surface area contributed by atoms with Crippen LogP contribution in [0.4, 0.5) is 0 Å². The third-order valence-electron chi connectivity index (χ3n) is 3.26. The number of aromatic hydroxyl groups is 1. The van der Waals surface area contributed by atoms with Crippen LogP contribution in [-0.4, -0.2) is 14.7 Å². The number of benzene rings is 2. The third kappa shape index (κ3) is 3.09. The summed E-state index contributed by atoms with van der Waals surface area (Å²) >= 11 is 3.41. The predicted octanol–water partition coefficient (Wildman–Crippen LogP) is 3.43. The van der Waals surface area contributed by atoms with Gasteiger partial charge in [-0.3, -0.25) is 9.36 Å². The van der Waals surface area contributed by atoms with Gasteiger partial charge in [-0.15, -0.1) is 0 Å². The molecule has 0 unspecified atom stereocenters. The van der Waals surface area contributed by atoms with Crippen molar-refractivity contribution in [1.29, 1.82) is 0 Å². The first-order chi connectivity index (χ1) is 10.6. The lowest BCUT2D eigenvalue weighted by molar-refractivity contribution is 0.448. The molecule has 22 heavy (non-hydrogen) atoms. The predicted molar refractivity (Wildman–Crippen MR) is 88.8 cm³/mol. The van der Waals surface area contributed by atoms with Crippen LogP contribution in [0.3, 0.4) is 0 Å². The molecule has 3 aromatic rings. The van der Waals surface area contributed by atoms with E-state index in [0.717, 1.165) is 21.7 Å². The quantitative estimate of drug-likeness (QED) is 0.782. The summed E-state index contributed by atoms with van der Waals surface area (Å²) in [4.78, 5) is 16.4. The van der Waals surface area contributed by atoms with Gasteiger partial charge in [-0.05, 0) is 17.7 Å². The van der Waals surface area contributed by atoms with Crippen molar-refractivity contribution < 1.29 is 5.11 Å². The topological polar surface area (TPSA) is 55.1 Å². The van der Waals surface area contributed by atoms with Gasteiger partial charge >= 0.3 is 0 Å². The molecular weight excluding hydrogens is 344 g/mol. The number of rotatable bonds is 3. The Morgan fingerprint density at radius 3 is 2.55 bits per heavy atom. The first-order valence-electron chi connectivity index (χ1n) is 6.74. The zero-order chi connectivity index (χ0) is 15.5. The van der Waals surface area contributed by atoms with Gasteiger partial charge in [-0.25, -0.2) is 0 Å². The Hall–Kier alpha value is -2.40. The highest BCUT2D eigenvalue weighted by molar-refractivity contribution is 9.10. The van der Waals surface area contributed by atoms with Crippen LogP contribution >= 0.6 is 15.9 Å². The third-order valence-corrected chi connectivity index (χ3v) is 3.75. The molecule has 0 aliphatic carbocycles. The van der Waals surface area contributed by atoms with Crippen molar-refractivity contribution in [2.45, 2.75) is 6.54 Å². The van der Waals surface area contributed by atoms with E-state index in [1.54, 1.807) is 4.57 Å². The first kappa shape index (κ1) is 14.5. The largest absolute Gasteiger partial charge is 0.493 e. The van der Waals surface area contributed by atoms with E-state index in [9.17, 15) is 9.90 Å². The highest BCUT2D eigenvalue weighted by atomic mass is 79.9. The van der Waals surface area contributed by atoms with E-state index in [4.69, 9.17) is 0 Å². The Balaban J connectivity index is 2.15. The highest BCUT2D eigenvalue weighted by Gasteiger charge is 2.11. The fraction of sp³-hybridized carbons (Fsp3) is 0.0588. The molecule has 1 heterocycles. The van der Waals surface area contributed by atoms with Crippen LogP contribution in [-0.2, 0) is 6.54 Å². The van der Waals surface area contributed by atoms with E-state index in [1.165, 1.54) is 0 Å². The Kier molecular flexibility index (Phi) is 4.06. The van der Waals surface area contributed by atoms with Gasteiger partial charge in [0.2, 0.25) is 5.88 Å². The van der Waals surface area contributed by atoms with Crippen molar-refractivity contribution in [3.05, 3.63) is 81.1 Å². The second kappa shape index (κ2) is 6.15. The summed E-state index contributed by atoms with van der Waals surface area (Å²) in [5, 5.41) is 9.68. The molecule has 0 saturated carbocycles. The fourth-order valence-corrected chi connectivity index (χ4v) is 2.66.